The molecule has 35 heavy (non-hydrogen) atoms. The van der Waals surface area contributed by atoms with Crippen molar-refractivity contribution in [2.75, 3.05) is 11.5 Å². The molecule has 0 aliphatic carbocycles. The molecule has 0 saturated carbocycles. The van der Waals surface area contributed by atoms with Gasteiger partial charge in [-0.05, 0) is 55.0 Å². The van der Waals surface area contributed by atoms with Crippen LogP contribution < -0.4 is 9.64 Å². The number of benzene rings is 3. The Balaban J connectivity index is 1.55. The predicted octanol–water partition coefficient (Wildman–Crippen LogP) is 4.51. The fourth-order valence-electron chi connectivity index (χ4n) is 4.49. The first kappa shape index (κ1) is 22.7. The minimum Gasteiger partial charge on any atom is -0.494 e. The summed E-state index contributed by atoms with van der Waals surface area (Å²) in [5.41, 5.74) is 0.987. The highest BCUT2D eigenvalue weighted by atomic mass is 79.9. The summed E-state index contributed by atoms with van der Waals surface area (Å²) in [4.78, 5) is 52.9. The van der Waals surface area contributed by atoms with Crippen molar-refractivity contribution in [1.82, 2.24) is 4.90 Å². The van der Waals surface area contributed by atoms with Crippen LogP contribution in [0.2, 0.25) is 0 Å². The van der Waals surface area contributed by atoms with E-state index in [1.54, 1.807) is 53.4 Å². The molecule has 2 aliphatic heterocycles. The predicted molar refractivity (Wildman–Crippen MR) is 129 cm³/mol. The van der Waals surface area contributed by atoms with Gasteiger partial charge in [0.1, 0.15) is 11.8 Å². The van der Waals surface area contributed by atoms with Gasteiger partial charge in [-0.3, -0.25) is 29.4 Å². The summed E-state index contributed by atoms with van der Waals surface area (Å²) in [6.07, 6.45) is 0. The molecule has 10 heteroatoms. The van der Waals surface area contributed by atoms with Crippen molar-refractivity contribution in [2.24, 2.45) is 0 Å². The number of carbonyl (C=O) groups is 3. The van der Waals surface area contributed by atoms with Crippen LogP contribution in [0.4, 0.5) is 11.4 Å². The van der Waals surface area contributed by atoms with Crippen molar-refractivity contribution in [3.05, 3.63) is 98.0 Å². The Morgan fingerprint density at radius 3 is 2.17 bits per heavy atom. The number of non-ortho nitro benzene ring substituents is 1. The summed E-state index contributed by atoms with van der Waals surface area (Å²) in [7, 11) is 0. The van der Waals surface area contributed by atoms with Gasteiger partial charge < -0.3 is 9.64 Å². The number of halogens is 1. The van der Waals surface area contributed by atoms with Gasteiger partial charge in [0.2, 0.25) is 0 Å². The Labute approximate surface area is 208 Å². The molecule has 0 N–H and O–H groups in total. The molecule has 0 spiro atoms. The molecule has 0 radical (unpaired) electrons. The number of anilines is 1. The third-order valence-electron chi connectivity index (χ3n) is 6.10. The first-order valence-electron chi connectivity index (χ1n) is 10.8. The number of hydrogen-bond donors (Lipinski definition) is 0. The van der Waals surface area contributed by atoms with Gasteiger partial charge in [-0.2, -0.15) is 0 Å². The quantitative estimate of drug-likeness (QED) is 0.199. The van der Waals surface area contributed by atoms with E-state index in [9.17, 15) is 24.5 Å². The zero-order chi connectivity index (χ0) is 24.9. The highest BCUT2D eigenvalue weighted by Crippen LogP contribution is 2.45. The third kappa shape index (κ3) is 3.66. The Kier molecular flexibility index (Phi) is 5.60. The van der Waals surface area contributed by atoms with Crippen LogP contribution in [0.15, 0.2) is 71.2 Å². The summed E-state index contributed by atoms with van der Waals surface area (Å²) in [5, 5.41) is 11.2. The maximum Gasteiger partial charge on any atom is 0.270 e. The number of β-lactam (4-membered cyclic amide) rings is 1. The van der Waals surface area contributed by atoms with Crippen LogP contribution in [-0.2, 0) is 4.79 Å². The molecule has 176 valence electrons. The van der Waals surface area contributed by atoms with Crippen LogP contribution in [0.25, 0.3) is 0 Å². The van der Waals surface area contributed by atoms with Gasteiger partial charge in [0.05, 0.1) is 28.7 Å². The Hall–Kier alpha value is -4.05. The second-order valence-electron chi connectivity index (χ2n) is 8.04. The summed E-state index contributed by atoms with van der Waals surface area (Å²) in [5.74, 6) is -1.14. The molecule has 5 rings (SSSR count). The SMILES string of the molecule is CCOc1ccc([C@H]2[C@H](N3C(=O)c4ccc([N+](=O)[O-])cc4C3=O)C(=O)N2c2ccc(Br)cc2)cc1. The van der Waals surface area contributed by atoms with E-state index < -0.39 is 34.7 Å². The standard InChI is InChI=1S/C25H18BrN3O6/c1-2-35-18-10-3-14(4-11-18)21-22(25(32)27(21)16-7-5-15(26)6-8-16)28-23(30)19-12-9-17(29(33)34)13-20(19)24(28)31/h3-13,21-22H,2H2,1H3/t21-,22-/m0/s1. The van der Waals surface area contributed by atoms with Gasteiger partial charge in [0, 0.05) is 22.3 Å². The Morgan fingerprint density at radius 2 is 1.54 bits per heavy atom. The monoisotopic (exact) mass is 535 g/mol. The molecule has 0 aromatic heterocycles. The highest BCUT2D eigenvalue weighted by Gasteiger charge is 2.57. The van der Waals surface area contributed by atoms with Gasteiger partial charge >= 0.3 is 0 Å². The van der Waals surface area contributed by atoms with Crippen molar-refractivity contribution in [1.29, 1.82) is 0 Å². The number of rotatable bonds is 6. The van der Waals surface area contributed by atoms with E-state index in [2.05, 4.69) is 15.9 Å². The van der Waals surface area contributed by atoms with Crippen molar-refractivity contribution in [3.63, 3.8) is 0 Å². The molecule has 0 bridgehead atoms. The maximum absolute atomic E-state index is 13.4. The molecule has 9 nitrogen and oxygen atoms in total. The normalized spacial score (nSPS) is 19.0. The van der Waals surface area contributed by atoms with Crippen LogP contribution >= 0.6 is 15.9 Å². The van der Waals surface area contributed by atoms with Crippen LogP contribution in [0, 0.1) is 10.1 Å². The lowest BCUT2D eigenvalue weighted by Gasteiger charge is -2.49. The Bertz CT molecular complexity index is 1370. The van der Waals surface area contributed by atoms with Crippen LogP contribution in [-0.4, -0.2) is 40.2 Å². The number of carbonyl (C=O) groups excluding carboxylic acids is 3. The van der Waals surface area contributed by atoms with Gasteiger partial charge in [-0.15, -0.1) is 0 Å². The Morgan fingerprint density at radius 1 is 0.886 bits per heavy atom. The molecule has 2 aliphatic rings. The number of hydrogen-bond acceptors (Lipinski definition) is 6. The molecule has 1 saturated heterocycles. The van der Waals surface area contributed by atoms with Gasteiger partial charge in [0.25, 0.3) is 23.4 Å². The zero-order valence-electron chi connectivity index (χ0n) is 18.4. The lowest BCUT2D eigenvalue weighted by atomic mass is 9.86. The topological polar surface area (TPSA) is 110 Å². The van der Waals surface area contributed by atoms with Gasteiger partial charge in [-0.1, -0.05) is 28.1 Å². The number of ether oxygens (including phenoxy) is 1. The molecule has 1 fully saturated rings. The largest absolute Gasteiger partial charge is 0.494 e. The molecule has 2 heterocycles. The lowest BCUT2D eigenvalue weighted by molar-refractivity contribution is -0.384. The fourth-order valence-corrected chi connectivity index (χ4v) is 4.75. The van der Waals surface area contributed by atoms with Crippen molar-refractivity contribution < 1.29 is 24.0 Å². The first-order valence-corrected chi connectivity index (χ1v) is 11.6. The number of nitro benzene ring substituents is 1. The second kappa shape index (κ2) is 8.62. The third-order valence-corrected chi connectivity index (χ3v) is 6.62. The second-order valence-corrected chi connectivity index (χ2v) is 8.96. The number of imide groups is 1. The van der Waals surface area contributed by atoms with E-state index in [0.29, 0.717) is 23.6 Å². The molecule has 2 atom stereocenters. The van der Waals surface area contributed by atoms with Crippen molar-refractivity contribution in [3.8, 4) is 5.75 Å². The minimum atomic E-state index is -1.09. The molecule has 3 amide bonds. The minimum absolute atomic E-state index is 0.0425. The van der Waals surface area contributed by atoms with Crippen LogP contribution in [0.5, 0.6) is 5.75 Å². The first-order chi connectivity index (χ1) is 16.8. The van der Waals surface area contributed by atoms with Crippen molar-refractivity contribution in [2.45, 2.75) is 19.0 Å². The average molecular weight is 536 g/mol. The molecule has 0 unspecified atom stereocenters. The lowest BCUT2D eigenvalue weighted by Crippen LogP contribution is -2.67. The highest BCUT2D eigenvalue weighted by molar-refractivity contribution is 9.10. The van der Waals surface area contributed by atoms with E-state index in [1.165, 1.54) is 12.1 Å². The summed E-state index contributed by atoms with van der Waals surface area (Å²) < 4.78 is 6.35. The number of nitro groups is 1. The smallest absolute Gasteiger partial charge is 0.270 e. The van der Waals surface area contributed by atoms with Crippen molar-refractivity contribution >= 4 is 45.0 Å². The molecular formula is C25H18BrN3O6. The zero-order valence-corrected chi connectivity index (χ0v) is 20.0. The van der Waals surface area contributed by atoms with Crippen LogP contribution in [0.1, 0.15) is 39.2 Å². The number of fused-ring (bicyclic) bond motifs is 1. The number of nitrogens with zero attached hydrogens (tertiary/aromatic N) is 3. The summed E-state index contributed by atoms with van der Waals surface area (Å²) in [6.45, 7) is 2.37. The van der Waals surface area contributed by atoms with E-state index in [1.807, 2.05) is 6.92 Å². The summed E-state index contributed by atoms with van der Waals surface area (Å²) in [6, 6.07) is 16.0. The number of amides is 3. The van der Waals surface area contributed by atoms with E-state index >= 15 is 0 Å². The maximum atomic E-state index is 13.4. The van der Waals surface area contributed by atoms with E-state index in [0.717, 1.165) is 15.4 Å². The van der Waals surface area contributed by atoms with Gasteiger partial charge in [-0.25, -0.2) is 0 Å². The van der Waals surface area contributed by atoms with E-state index in [4.69, 9.17) is 4.74 Å². The van der Waals surface area contributed by atoms with Gasteiger partial charge in [0.15, 0.2) is 0 Å². The van der Waals surface area contributed by atoms with Crippen LogP contribution in [0.3, 0.4) is 0 Å². The summed E-state index contributed by atoms with van der Waals surface area (Å²) >= 11 is 3.38. The molecule has 3 aromatic carbocycles. The molecule has 3 aromatic rings. The average Bonchev–Trinajstić information content (AvgIpc) is 3.09. The fraction of sp³-hybridized carbons (Fsp3) is 0.160. The molecular weight excluding hydrogens is 518 g/mol. The van der Waals surface area contributed by atoms with E-state index in [-0.39, 0.29) is 16.8 Å².